The Morgan fingerprint density at radius 2 is 1.97 bits per heavy atom. The summed E-state index contributed by atoms with van der Waals surface area (Å²) < 4.78 is 11.2. The molecule has 0 aliphatic carbocycles. The number of anilines is 1. The number of halogens is 2. The van der Waals surface area contributed by atoms with Crippen LogP contribution in [0.2, 0.25) is 10.0 Å². The fraction of sp³-hybridized carbons (Fsp3) is 0.333. The Labute approximate surface area is 189 Å². The van der Waals surface area contributed by atoms with Crippen molar-refractivity contribution < 1.29 is 14.3 Å². The minimum absolute atomic E-state index is 0.245. The van der Waals surface area contributed by atoms with Crippen molar-refractivity contribution >= 4 is 46.2 Å². The maximum Gasteiger partial charge on any atom is 0.321 e. The Balaban J connectivity index is 1.31. The second kappa shape index (κ2) is 10.2. The first kappa shape index (κ1) is 21.7. The minimum atomic E-state index is -0.308. The van der Waals surface area contributed by atoms with Crippen molar-refractivity contribution in [2.24, 2.45) is 0 Å². The summed E-state index contributed by atoms with van der Waals surface area (Å²) in [6.45, 7) is 4.83. The monoisotopic (exact) mass is 463 g/mol. The highest BCUT2D eigenvalue weighted by Gasteiger charge is 2.12. The van der Waals surface area contributed by atoms with Crippen molar-refractivity contribution in [2.45, 2.75) is 6.61 Å². The van der Waals surface area contributed by atoms with Gasteiger partial charge >= 0.3 is 6.03 Å². The third-order valence-electron chi connectivity index (χ3n) is 4.95. The molecule has 0 radical (unpaired) electrons. The second-order valence-electron chi connectivity index (χ2n) is 7.09. The number of nitrogens with one attached hydrogen (secondary N) is 3. The van der Waals surface area contributed by atoms with E-state index in [1.807, 2.05) is 12.1 Å². The summed E-state index contributed by atoms with van der Waals surface area (Å²) >= 11 is 12.4. The number of aromatic nitrogens is 2. The topological polar surface area (TPSA) is 91.5 Å². The molecule has 2 amide bonds. The SMILES string of the molecule is O=C(NCCN1CCOCC1)Nc1nc2ccc(OCc3c(Cl)cccc3Cl)cc2[nH]1. The van der Waals surface area contributed by atoms with Gasteiger partial charge in [0.1, 0.15) is 12.4 Å². The van der Waals surface area contributed by atoms with Crippen LogP contribution in [-0.2, 0) is 11.3 Å². The number of nitrogens with zero attached hydrogens (tertiary/aromatic N) is 2. The van der Waals surface area contributed by atoms with Crippen molar-refractivity contribution in [3.8, 4) is 5.75 Å². The van der Waals surface area contributed by atoms with E-state index in [2.05, 4.69) is 25.5 Å². The van der Waals surface area contributed by atoms with Crippen molar-refractivity contribution in [1.82, 2.24) is 20.2 Å². The smallest absolute Gasteiger partial charge is 0.321 e. The van der Waals surface area contributed by atoms with Crippen LogP contribution in [0.3, 0.4) is 0 Å². The number of hydrogen-bond donors (Lipinski definition) is 3. The van der Waals surface area contributed by atoms with E-state index in [0.717, 1.165) is 43.9 Å². The summed E-state index contributed by atoms with van der Waals surface area (Å²) in [4.78, 5) is 21.9. The van der Waals surface area contributed by atoms with Gasteiger partial charge in [0.15, 0.2) is 0 Å². The van der Waals surface area contributed by atoms with Gasteiger partial charge in [0.2, 0.25) is 5.95 Å². The minimum Gasteiger partial charge on any atom is -0.489 e. The van der Waals surface area contributed by atoms with Crippen LogP contribution in [0, 0.1) is 0 Å². The van der Waals surface area contributed by atoms with Gasteiger partial charge < -0.3 is 19.8 Å². The molecule has 8 nitrogen and oxygen atoms in total. The van der Waals surface area contributed by atoms with Crippen LogP contribution in [-0.4, -0.2) is 60.3 Å². The predicted octanol–water partition coefficient (Wildman–Crippen LogP) is 3.90. The number of morpholine rings is 1. The van der Waals surface area contributed by atoms with E-state index in [9.17, 15) is 4.79 Å². The number of amides is 2. The Bertz CT molecular complexity index is 1030. The average Bonchev–Trinajstić information content (AvgIpc) is 3.15. The molecule has 1 fully saturated rings. The molecule has 2 heterocycles. The molecule has 0 unspecified atom stereocenters. The largest absolute Gasteiger partial charge is 0.489 e. The standard InChI is InChI=1S/C21H23Cl2N5O3/c22-16-2-1-3-17(23)15(16)13-31-14-4-5-18-19(12-14)26-20(25-18)27-21(29)24-6-7-28-8-10-30-11-9-28/h1-5,12H,6-11,13H2,(H3,24,25,26,27,29). The van der Waals surface area contributed by atoms with Crippen LogP contribution in [0.1, 0.15) is 5.56 Å². The van der Waals surface area contributed by atoms with E-state index >= 15 is 0 Å². The number of H-pyrrole nitrogens is 1. The maximum absolute atomic E-state index is 12.1. The molecule has 10 heteroatoms. The van der Waals surface area contributed by atoms with Crippen molar-refractivity contribution in [3.63, 3.8) is 0 Å². The molecule has 2 aromatic carbocycles. The van der Waals surface area contributed by atoms with Gasteiger partial charge in [-0.15, -0.1) is 0 Å². The van der Waals surface area contributed by atoms with Crippen LogP contribution < -0.4 is 15.4 Å². The molecule has 4 rings (SSSR count). The second-order valence-corrected chi connectivity index (χ2v) is 7.90. The van der Waals surface area contributed by atoms with E-state index in [4.69, 9.17) is 32.7 Å². The van der Waals surface area contributed by atoms with E-state index in [1.165, 1.54) is 0 Å². The van der Waals surface area contributed by atoms with E-state index in [0.29, 0.717) is 33.8 Å². The fourth-order valence-electron chi connectivity index (χ4n) is 3.27. The van der Waals surface area contributed by atoms with E-state index < -0.39 is 0 Å². The normalized spacial score (nSPS) is 14.5. The number of hydrogen-bond acceptors (Lipinski definition) is 5. The molecule has 0 spiro atoms. The van der Waals surface area contributed by atoms with Gasteiger partial charge in [-0.25, -0.2) is 9.78 Å². The average molecular weight is 464 g/mol. The number of ether oxygens (including phenoxy) is 2. The first-order valence-corrected chi connectivity index (χ1v) is 10.7. The van der Waals surface area contributed by atoms with Crippen molar-refractivity contribution in [1.29, 1.82) is 0 Å². The molecule has 3 N–H and O–H groups in total. The lowest BCUT2D eigenvalue weighted by Crippen LogP contribution is -2.42. The molecular formula is C21H23Cl2N5O3. The number of benzene rings is 2. The Morgan fingerprint density at radius 1 is 1.19 bits per heavy atom. The Kier molecular flexibility index (Phi) is 7.14. The third kappa shape index (κ3) is 5.80. The lowest BCUT2D eigenvalue weighted by atomic mass is 10.2. The number of aromatic amines is 1. The first-order valence-electron chi connectivity index (χ1n) is 9.99. The number of carbonyl (C=O) groups is 1. The molecule has 1 saturated heterocycles. The molecule has 164 valence electrons. The molecule has 1 aliphatic heterocycles. The van der Waals surface area contributed by atoms with Crippen LogP contribution in [0.5, 0.6) is 5.75 Å². The number of carbonyl (C=O) groups excluding carboxylic acids is 1. The van der Waals surface area contributed by atoms with E-state index in [-0.39, 0.29) is 12.6 Å². The number of urea groups is 1. The molecule has 31 heavy (non-hydrogen) atoms. The van der Waals surface area contributed by atoms with Gasteiger partial charge in [0, 0.05) is 47.9 Å². The van der Waals surface area contributed by atoms with Crippen LogP contribution >= 0.6 is 23.2 Å². The highest BCUT2D eigenvalue weighted by atomic mass is 35.5. The zero-order chi connectivity index (χ0) is 21.6. The maximum atomic E-state index is 12.1. The summed E-state index contributed by atoms with van der Waals surface area (Å²) in [6.07, 6.45) is 0. The van der Waals surface area contributed by atoms with Gasteiger partial charge in [-0.3, -0.25) is 10.2 Å². The zero-order valence-electron chi connectivity index (χ0n) is 16.8. The Morgan fingerprint density at radius 3 is 2.74 bits per heavy atom. The molecule has 3 aromatic rings. The molecule has 1 aromatic heterocycles. The summed E-state index contributed by atoms with van der Waals surface area (Å²) in [7, 11) is 0. The van der Waals surface area contributed by atoms with Crippen LogP contribution in [0.4, 0.5) is 10.7 Å². The number of fused-ring (bicyclic) bond motifs is 1. The summed E-state index contributed by atoms with van der Waals surface area (Å²) in [6, 6.07) is 10.5. The quantitative estimate of drug-likeness (QED) is 0.494. The summed E-state index contributed by atoms with van der Waals surface area (Å²) in [5.41, 5.74) is 2.18. The van der Waals surface area contributed by atoms with E-state index in [1.54, 1.807) is 24.3 Å². The molecular weight excluding hydrogens is 441 g/mol. The number of imidazole rings is 1. The highest BCUT2D eigenvalue weighted by Crippen LogP contribution is 2.27. The molecule has 1 aliphatic rings. The van der Waals surface area contributed by atoms with Gasteiger partial charge in [0.05, 0.1) is 24.2 Å². The third-order valence-corrected chi connectivity index (χ3v) is 5.66. The Hall–Kier alpha value is -2.52. The van der Waals surface area contributed by atoms with Gasteiger partial charge in [-0.2, -0.15) is 0 Å². The van der Waals surface area contributed by atoms with Gasteiger partial charge in [-0.1, -0.05) is 29.3 Å². The van der Waals surface area contributed by atoms with Crippen molar-refractivity contribution in [2.75, 3.05) is 44.7 Å². The van der Waals surface area contributed by atoms with Gasteiger partial charge in [0.25, 0.3) is 0 Å². The summed E-state index contributed by atoms with van der Waals surface area (Å²) in [5, 5.41) is 6.68. The lowest BCUT2D eigenvalue weighted by molar-refractivity contribution is 0.0388. The fourth-order valence-corrected chi connectivity index (χ4v) is 3.77. The highest BCUT2D eigenvalue weighted by molar-refractivity contribution is 6.35. The molecule has 0 atom stereocenters. The van der Waals surface area contributed by atoms with Crippen molar-refractivity contribution in [3.05, 3.63) is 52.0 Å². The van der Waals surface area contributed by atoms with Crippen LogP contribution in [0.15, 0.2) is 36.4 Å². The van der Waals surface area contributed by atoms with Crippen LogP contribution in [0.25, 0.3) is 11.0 Å². The number of rotatable bonds is 7. The lowest BCUT2D eigenvalue weighted by Gasteiger charge is -2.26. The zero-order valence-corrected chi connectivity index (χ0v) is 18.3. The van der Waals surface area contributed by atoms with Gasteiger partial charge in [-0.05, 0) is 24.3 Å². The summed E-state index contributed by atoms with van der Waals surface area (Å²) in [5.74, 6) is 0.999. The molecule has 0 bridgehead atoms. The first-order chi connectivity index (χ1) is 15.1. The molecule has 0 saturated carbocycles. The predicted molar refractivity (Wildman–Crippen MR) is 121 cm³/mol.